The van der Waals surface area contributed by atoms with Gasteiger partial charge in [0.15, 0.2) is 0 Å². The predicted octanol–water partition coefficient (Wildman–Crippen LogP) is 1.82. The number of hydrogen-bond acceptors (Lipinski definition) is 7. The zero-order valence-electron chi connectivity index (χ0n) is 12.8. The lowest BCUT2D eigenvalue weighted by Gasteiger charge is -2.26. The Morgan fingerprint density at radius 1 is 1.50 bits per heavy atom. The minimum Gasteiger partial charge on any atom is -0.468 e. The molecule has 10 heteroatoms. The first-order chi connectivity index (χ1) is 11.4. The number of nitro benzene ring substituents is 1. The van der Waals surface area contributed by atoms with E-state index in [0.717, 1.165) is 11.8 Å². The third-order valence-electron chi connectivity index (χ3n) is 3.62. The molecule has 1 aliphatic rings. The van der Waals surface area contributed by atoms with E-state index in [9.17, 15) is 19.7 Å². The van der Waals surface area contributed by atoms with E-state index in [1.54, 1.807) is 11.8 Å². The predicted molar refractivity (Wildman–Crippen MR) is 91.4 cm³/mol. The smallest absolute Gasteiger partial charge is 0.326 e. The lowest BCUT2D eigenvalue weighted by molar-refractivity contribution is -0.384. The number of thioether (sulfide) groups is 1. The molecule has 0 aliphatic carbocycles. The summed E-state index contributed by atoms with van der Waals surface area (Å²) in [7, 11) is 1.31. The maximum atomic E-state index is 12.1. The van der Waals surface area contributed by atoms with Gasteiger partial charge in [-0.25, -0.2) is 0 Å². The molecule has 8 nitrogen and oxygen atoms in total. The standard InChI is InChI=1S/C14H16ClN3O5S/c1-23-13(20)14(4-5-24-8-14)16-7-12(19)17-11-3-2-9(18(21)22)6-10(11)15/h2-3,6,16H,4-5,7-8H2,1H3,(H,17,19)/t14-/m1/s1. The minimum atomic E-state index is -0.865. The van der Waals surface area contributed by atoms with Crippen LogP contribution >= 0.6 is 23.4 Å². The van der Waals surface area contributed by atoms with Gasteiger partial charge in [0, 0.05) is 17.9 Å². The molecular formula is C14H16ClN3O5S. The Morgan fingerprint density at radius 3 is 2.79 bits per heavy atom. The second-order valence-electron chi connectivity index (χ2n) is 5.20. The Hall–Kier alpha value is -1.84. The number of nitrogens with one attached hydrogen (secondary N) is 2. The fourth-order valence-electron chi connectivity index (χ4n) is 2.30. The summed E-state index contributed by atoms with van der Waals surface area (Å²) in [5.74, 6) is 0.531. The average Bonchev–Trinajstić information content (AvgIpc) is 3.04. The molecule has 24 heavy (non-hydrogen) atoms. The van der Waals surface area contributed by atoms with Crippen LogP contribution in [0.1, 0.15) is 6.42 Å². The van der Waals surface area contributed by atoms with E-state index in [1.165, 1.54) is 19.2 Å². The average molecular weight is 374 g/mol. The lowest BCUT2D eigenvalue weighted by Crippen LogP contribution is -2.55. The SMILES string of the molecule is COC(=O)[C@@]1(NCC(=O)Nc2ccc([N+](=O)[O-])cc2Cl)CCSC1. The summed E-state index contributed by atoms with van der Waals surface area (Å²) in [6.07, 6.45) is 0.579. The normalized spacial score (nSPS) is 19.8. The number of amides is 1. The topological polar surface area (TPSA) is 111 Å². The highest BCUT2D eigenvalue weighted by molar-refractivity contribution is 7.99. The highest BCUT2D eigenvalue weighted by Gasteiger charge is 2.42. The molecule has 1 saturated heterocycles. The molecule has 1 aliphatic heterocycles. The Kier molecular flexibility index (Phi) is 6.03. The third-order valence-corrected chi connectivity index (χ3v) is 5.13. The van der Waals surface area contributed by atoms with Gasteiger partial charge in [0.05, 0.1) is 29.3 Å². The number of rotatable bonds is 6. The fraction of sp³-hybridized carbons (Fsp3) is 0.429. The second kappa shape index (κ2) is 7.82. The Labute approximate surface area is 147 Å². The van der Waals surface area contributed by atoms with Crippen LogP contribution in [-0.4, -0.2) is 47.5 Å². The number of ether oxygens (including phenoxy) is 1. The lowest BCUT2D eigenvalue weighted by atomic mass is 9.99. The number of carbonyl (C=O) groups is 2. The van der Waals surface area contributed by atoms with E-state index in [-0.39, 0.29) is 22.9 Å². The zero-order valence-corrected chi connectivity index (χ0v) is 14.4. The van der Waals surface area contributed by atoms with Crippen LogP contribution in [0.3, 0.4) is 0 Å². The van der Waals surface area contributed by atoms with E-state index in [1.807, 2.05) is 0 Å². The molecule has 0 radical (unpaired) electrons. The van der Waals surface area contributed by atoms with Crippen molar-refractivity contribution in [1.29, 1.82) is 0 Å². The molecule has 0 spiro atoms. The van der Waals surface area contributed by atoms with Gasteiger partial charge >= 0.3 is 5.97 Å². The van der Waals surface area contributed by atoms with Gasteiger partial charge in [0.25, 0.3) is 5.69 Å². The monoisotopic (exact) mass is 373 g/mol. The molecule has 1 amide bonds. The van der Waals surface area contributed by atoms with Gasteiger partial charge in [-0.2, -0.15) is 11.8 Å². The van der Waals surface area contributed by atoms with Crippen LogP contribution in [0.4, 0.5) is 11.4 Å². The molecule has 0 unspecified atom stereocenters. The third kappa shape index (κ3) is 4.16. The van der Waals surface area contributed by atoms with Crippen LogP contribution in [0.5, 0.6) is 0 Å². The van der Waals surface area contributed by atoms with E-state index in [4.69, 9.17) is 16.3 Å². The Balaban J connectivity index is 1.98. The van der Waals surface area contributed by atoms with Gasteiger partial charge in [0.1, 0.15) is 5.54 Å². The Bertz CT molecular complexity index is 664. The zero-order chi connectivity index (χ0) is 17.7. The van der Waals surface area contributed by atoms with Gasteiger partial charge in [-0.05, 0) is 18.2 Å². The summed E-state index contributed by atoms with van der Waals surface area (Å²) < 4.78 is 4.81. The molecule has 1 atom stereocenters. The number of esters is 1. The van der Waals surface area contributed by atoms with Gasteiger partial charge in [0.2, 0.25) is 5.91 Å². The van der Waals surface area contributed by atoms with Crippen molar-refractivity contribution in [3.63, 3.8) is 0 Å². The maximum absolute atomic E-state index is 12.1. The summed E-state index contributed by atoms with van der Waals surface area (Å²) >= 11 is 7.54. The highest BCUT2D eigenvalue weighted by Crippen LogP contribution is 2.29. The number of halogens is 1. The number of nitro groups is 1. The van der Waals surface area contributed by atoms with Crippen molar-refractivity contribution in [3.8, 4) is 0 Å². The molecule has 1 aromatic carbocycles. The quantitative estimate of drug-likeness (QED) is 0.444. The fourth-order valence-corrected chi connectivity index (χ4v) is 3.87. The summed E-state index contributed by atoms with van der Waals surface area (Å²) in [6, 6.07) is 3.77. The first-order valence-electron chi connectivity index (χ1n) is 7.03. The van der Waals surface area contributed by atoms with E-state index >= 15 is 0 Å². The molecule has 0 saturated carbocycles. The van der Waals surface area contributed by atoms with Gasteiger partial charge in [-0.1, -0.05) is 11.6 Å². The molecule has 2 rings (SSSR count). The van der Waals surface area contributed by atoms with Crippen LogP contribution in [0.15, 0.2) is 18.2 Å². The van der Waals surface area contributed by atoms with Crippen LogP contribution in [0, 0.1) is 10.1 Å². The van der Waals surface area contributed by atoms with Gasteiger partial charge < -0.3 is 10.1 Å². The van der Waals surface area contributed by atoms with Crippen molar-refractivity contribution in [2.45, 2.75) is 12.0 Å². The van der Waals surface area contributed by atoms with Crippen molar-refractivity contribution < 1.29 is 19.2 Å². The summed E-state index contributed by atoms with van der Waals surface area (Å²) in [6.45, 7) is -0.108. The number of nitrogens with zero attached hydrogens (tertiary/aromatic N) is 1. The van der Waals surface area contributed by atoms with Crippen LogP contribution < -0.4 is 10.6 Å². The minimum absolute atomic E-state index is 0.0663. The number of carbonyl (C=O) groups excluding carboxylic acids is 2. The molecule has 1 aromatic rings. The van der Waals surface area contributed by atoms with Crippen LogP contribution in [0.2, 0.25) is 5.02 Å². The van der Waals surface area contributed by atoms with Crippen molar-refractivity contribution >= 4 is 46.6 Å². The van der Waals surface area contributed by atoms with Crippen LogP contribution in [0.25, 0.3) is 0 Å². The first-order valence-corrected chi connectivity index (χ1v) is 8.56. The highest BCUT2D eigenvalue weighted by atomic mass is 35.5. The molecular weight excluding hydrogens is 358 g/mol. The first kappa shape index (κ1) is 18.5. The summed E-state index contributed by atoms with van der Waals surface area (Å²) in [5.41, 5.74) is -0.763. The maximum Gasteiger partial charge on any atom is 0.326 e. The number of non-ortho nitro benzene ring substituents is 1. The van der Waals surface area contributed by atoms with Crippen molar-refractivity contribution in [1.82, 2.24) is 5.32 Å². The number of hydrogen-bond donors (Lipinski definition) is 2. The molecule has 0 bridgehead atoms. The van der Waals surface area contributed by atoms with Gasteiger partial charge in [-0.3, -0.25) is 25.0 Å². The van der Waals surface area contributed by atoms with E-state index < -0.39 is 22.3 Å². The molecule has 1 heterocycles. The second-order valence-corrected chi connectivity index (χ2v) is 6.71. The largest absolute Gasteiger partial charge is 0.468 e. The number of methoxy groups -OCH3 is 1. The summed E-state index contributed by atoms with van der Waals surface area (Å²) in [4.78, 5) is 34.1. The number of anilines is 1. The molecule has 1 fully saturated rings. The molecule has 130 valence electrons. The molecule has 2 N–H and O–H groups in total. The van der Waals surface area contributed by atoms with Crippen molar-refractivity contribution in [3.05, 3.63) is 33.3 Å². The van der Waals surface area contributed by atoms with E-state index in [0.29, 0.717) is 12.2 Å². The van der Waals surface area contributed by atoms with Crippen molar-refractivity contribution in [2.75, 3.05) is 30.5 Å². The van der Waals surface area contributed by atoms with Crippen molar-refractivity contribution in [2.24, 2.45) is 0 Å². The number of benzene rings is 1. The summed E-state index contributed by atoms with van der Waals surface area (Å²) in [5, 5.41) is 16.2. The van der Waals surface area contributed by atoms with Crippen LogP contribution in [-0.2, 0) is 14.3 Å². The molecule has 0 aromatic heterocycles. The van der Waals surface area contributed by atoms with Gasteiger partial charge in [-0.15, -0.1) is 0 Å². The van der Waals surface area contributed by atoms with E-state index in [2.05, 4.69) is 10.6 Å². The Morgan fingerprint density at radius 2 is 2.25 bits per heavy atom.